The molecule has 3 aromatic rings. The first-order chi connectivity index (χ1) is 22.0. The van der Waals surface area contributed by atoms with Gasteiger partial charge in [0, 0.05) is 30.9 Å². The fourth-order valence-corrected chi connectivity index (χ4v) is 4.43. The summed E-state index contributed by atoms with van der Waals surface area (Å²) in [6, 6.07) is 9.16. The number of rotatable bonds is 12. The van der Waals surface area contributed by atoms with Crippen molar-refractivity contribution in [3.05, 3.63) is 98.6 Å². The number of anilines is 1. The average Bonchev–Trinajstić information content (AvgIpc) is 3.01. The Hall–Kier alpha value is -6.38. The summed E-state index contributed by atoms with van der Waals surface area (Å²) < 4.78 is 0. The molecule has 3 aromatic carbocycles. The van der Waals surface area contributed by atoms with Crippen molar-refractivity contribution in [2.75, 3.05) is 12.4 Å². The Morgan fingerprint density at radius 1 is 0.596 bits per heavy atom. The van der Waals surface area contributed by atoms with Crippen LogP contribution in [0.5, 0.6) is 0 Å². The van der Waals surface area contributed by atoms with Crippen molar-refractivity contribution >= 4 is 53.0 Å². The minimum atomic E-state index is -1.60. The number of nitrogens with one attached hydrogen (secondary N) is 4. The standard InChI is InChI=1S/C32H30N4O11/c1-14(2)35-28(40)19-10-21(23(30(42)43)9-18(19)15(3)37)27(39)34-13-16-5-7-17(8-6-16)36-29(41)22-11-20(26(38)33-4)24(31(44)45)12-25(22)32(46)47/h5-12,14H,13H2,1-4H3,(H,33,38)(H,34,39)(H,35,40)(H,36,41)(H,42,43)(H,44,45)(H,46,47). The van der Waals surface area contributed by atoms with Crippen LogP contribution in [0.2, 0.25) is 0 Å². The summed E-state index contributed by atoms with van der Waals surface area (Å²) in [5.74, 6) is -8.51. The van der Waals surface area contributed by atoms with E-state index in [-0.39, 0.29) is 35.0 Å². The largest absolute Gasteiger partial charge is 0.478 e. The van der Waals surface area contributed by atoms with Gasteiger partial charge in [-0.05, 0) is 62.7 Å². The molecule has 0 bridgehead atoms. The summed E-state index contributed by atoms with van der Waals surface area (Å²) in [7, 11) is 1.24. The summed E-state index contributed by atoms with van der Waals surface area (Å²) in [4.78, 5) is 98.6. The highest BCUT2D eigenvalue weighted by Gasteiger charge is 2.26. The Kier molecular flexibility index (Phi) is 10.9. The summed E-state index contributed by atoms with van der Waals surface area (Å²) >= 11 is 0. The van der Waals surface area contributed by atoms with E-state index < -0.39 is 75.1 Å². The highest BCUT2D eigenvalue weighted by molar-refractivity contribution is 6.15. The number of ketones is 1. The van der Waals surface area contributed by atoms with Gasteiger partial charge in [-0.25, -0.2) is 14.4 Å². The summed E-state index contributed by atoms with van der Waals surface area (Å²) in [6.07, 6.45) is 0. The maximum absolute atomic E-state index is 13.1. The van der Waals surface area contributed by atoms with Crippen LogP contribution < -0.4 is 21.3 Å². The lowest BCUT2D eigenvalue weighted by Gasteiger charge is -2.15. The molecule has 47 heavy (non-hydrogen) atoms. The molecule has 7 N–H and O–H groups in total. The number of carbonyl (C=O) groups excluding carboxylic acids is 5. The molecule has 0 fully saturated rings. The molecule has 0 saturated carbocycles. The van der Waals surface area contributed by atoms with E-state index in [2.05, 4.69) is 21.3 Å². The van der Waals surface area contributed by atoms with Crippen molar-refractivity contribution in [3.8, 4) is 0 Å². The Labute approximate surface area is 267 Å². The Balaban J connectivity index is 1.84. The van der Waals surface area contributed by atoms with E-state index in [4.69, 9.17) is 0 Å². The number of hydrogen-bond acceptors (Lipinski definition) is 8. The quantitative estimate of drug-likeness (QED) is 0.141. The molecule has 3 rings (SSSR count). The van der Waals surface area contributed by atoms with Crippen LogP contribution in [0.15, 0.2) is 48.5 Å². The second-order valence-electron chi connectivity index (χ2n) is 10.4. The van der Waals surface area contributed by atoms with Gasteiger partial charge in [-0.2, -0.15) is 0 Å². The van der Waals surface area contributed by atoms with Crippen molar-refractivity contribution in [1.82, 2.24) is 16.0 Å². The van der Waals surface area contributed by atoms with Gasteiger partial charge in [-0.3, -0.25) is 24.0 Å². The van der Waals surface area contributed by atoms with Gasteiger partial charge in [-0.1, -0.05) is 12.1 Å². The first-order valence-electron chi connectivity index (χ1n) is 13.8. The minimum absolute atomic E-state index is 0.122. The maximum atomic E-state index is 13.1. The highest BCUT2D eigenvalue weighted by Crippen LogP contribution is 2.22. The third kappa shape index (κ3) is 8.21. The molecule has 0 aliphatic rings. The van der Waals surface area contributed by atoms with Gasteiger partial charge >= 0.3 is 17.9 Å². The van der Waals surface area contributed by atoms with E-state index in [1.165, 1.54) is 38.2 Å². The number of Topliss-reactive ketones (excluding diaryl/α,β-unsaturated/α-hetero) is 1. The predicted octanol–water partition coefficient (Wildman–Crippen LogP) is 2.66. The molecule has 0 unspecified atom stereocenters. The zero-order chi connectivity index (χ0) is 35.2. The number of carbonyl (C=O) groups is 8. The molecule has 15 nitrogen and oxygen atoms in total. The fourth-order valence-electron chi connectivity index (χ4n) is 4.43. The smallest absolute Gasteiger partial charge is 0.336 e. The van der Waals surface area contributed by atoms with Gasteiger partial charge in [0.2, 0.25) is 0 Å². The molecule has 4 amide bonds. The van der Waals surface area contributed by atoms with Crippen molar-refractivity contribution < 1.29 is 53.7 Å². The molecule has 0 saturated heterocycles. The van der Waals surface area contributed by atoms with Crippen LogP contribution in [0.25, 0.3) is 0 Å². The van der Waals surface area contributed by atoms with E-state index in [0.717, 1.165) is 24.3 Å². The average molecular weight is 647 g/mol. The third-order valence-electron chi connectivity index (χ3n) is 6.68. The van der Waals surface area contributed by atoms with Gasteiger partial charge in [0.1, 0.15) is 0 Å². The fraction of sp³-hybridized carbons (Fsp3) is 0.188. The zero-order valence-electron chi connectivity index (χ0n) is 25.5. The monoisotopic (exact) mass is 646 g/mol. The molecular weight excluding hydrogens is 616 g/mol. The Morgan fingerprint density at radius 2 is 1.02 bits per heavy atom. The summed E-state index contributed by atoms with van der Waals surface area (Å²) in [6.45, 7) is 4.43. The van der Waals surface area contributed by atoms with Crippen LogP contribution in [0, 0.1) is 0 Å². The molecule has 0 aliphatic carbocycles. The summed E-state index contributed by atoms with van der Waals surface area (Å²) in [5.41, 5.74) is -2.62. The van der Waals surface area contributed by atoms with E-state index >= 15 is 0 Å². The van der Waals surface area contributed by atoms with Gasteiger partial charge in [0.25, 0.3) is 23.6 Å². The van der Waals surface area contributed by atoms with Crippen LogP contribution in [0.1, 0.15) is 109 Å². The third-order valence-corrected chi connectivity index (χ3v) is 6.68. The molecular formula is C32H30N4O11. The SMILES string of the molecule is CNC(=O)c1cc(C(=O)Nc2ccc(CNC(=O)c3cc(C(=O)NC(C)C)c(C(C)=O)cc3C(=O)O)cc2)c(C(=O)O)cc1C(=O)O. The van der Waals surface area contributed by atoms with Crippen LogP contribution in [-0.2, 0) is 6.54 Å². The minimum Gasteiger partial charge on any atom is -0.478 e. The van der Waals surface area contributed by atoms with Crippen LogP contribution in [-0.4, -0.2) is 75.7 Å². The first-order valence-corrected chi connectivity index (χ1v) is 13.8. The van der Waals surface area contributed by atoms with E-state index in [1.807, 2.05) is 0 Å². The number of amides is 4. The second-order valence-corrected chi connectivity index (χ2v) is 10.4. The number of carboxylic acids is 3. The van der Waals surface area contributed by atoms with Crippen molar-refractivity contribution in [2.24, 2.45) is 0 Å². The number of aromatic carboxylic acids is 3. The first kappa shape index (κ1) is 35.1. The number of benzene rings is 3. The van der Waals surface area contributed by atoms with E-state index in [0.29, 0.717) is 5.56 Å². The molecule has 0 aliphatic heterocycles. The van der Waals surface area contributed by atoms with Crippen LogP contribution >= 0.6 is 0 Å². The van der Waals surface area contributed by atoms with E-state index in [1.54, 1.807) is 13.8 Å². The Morgan fingerprint density at radius 3 is 1.47 bits per heavy atom. The maximum Gasteiger partial charge on any atom is 0.336 e. The molecule has 0 heterocycles. The van der Waals surface area contributed by atoms with Gasteiger partial charge in [0.15, 0.2) is 5.78 Å². The molecule has 0 aromatic heterocycles. The molecule has 0 atom stereocenters. The summed E-state index contributed by atoms with van der Waals surface area (Å²) in [5, 5.41) is 38.6. The lowest BCUT2D eigenvalue weighted by atomic mass is 9.95. The van der Waals surface area contributed by atoms with Crippen LogP contribution in [0.3, 0.4) is 0 Å². The normalized spacial score (nSPS) is 10.5. The van der Waals surface area contributed by atoms with Crippen LogP contribution in [0.4, 0.5) is 5.69 Å². The molecule has 0 radical (unpaired) electrons. The molecule has 15 heteroatoms. The van der Waals surface area contributed by atoms with Gasteiger partial charge in [0.05, 0.1) is 38.9 Å². The van der Waals surface area contributed by atoms with Crippen molar-refractivity contribution in [1.29, 1.82) is 0 Å². The second kappa shape index (κ2) is 14.6. The number of carboxylic acid groups (broad SMARTS) is 3. The molecule has 244 valence electrons. The van der Waals surface area contributed by atoms with Crippen molar-refractivity contribution in [2.45, 2.75) is 33.4 Å². The lowest BCUT2D eigenvalue weighted by molar-refractivity contribution is 0.0678. The van der Waals surface area contributed by atoms with Gasteiger partial charge < -0.3 is 36.6 Å². The van der Waals surface area contributed by atoms with E-state index in [9.17, 15) is 53.7 Å². The number of hydrogen-bond donors (Lipinski definition) is 7. The highest BCUT2D eigenvalue weighted by atomic mass is 16.4. The zero-order valence-corrected chi connectivity index (χ0v) is 25.5. The molecule has 0 spiro atoms. The topological polar surface area (TPSA) is 245 Å². The van der Waals surface area contributed by atoms with Crippen molar-refractivity contribution in [3.63, 3.8) is 0 Å². The van der Waals surface area contributed by atoms with Gasteiger partial charge in [-0.15, -0.1) is 0 Å². The lowest BCUT2D eigenvalue weighted by Crippen LogP contribution is -2.32. The predicted molar refractivity (Wildman–Crippen MR) is 165 cm³/mol. The Bertz CT molecular complexity index is 1830.